The molecule has 4 aliphatic carbocycles. The van der Waals surface area contributed by atoms with Crippen molar-refractivity contribution in [2.24, 2.45) is 28.6 Å². The van der Waals surface area contributed by atoms with Crippen molar-refractivity contribution in [2.75, 3.05) is 0 Å². The number of carbonyl (C=O) groups excluding carboxylic acids is 2. The Labute approximate surface area is 169 Å². The van der Waals surface area contributed by atoms with E-state index in [1.165, 1.54) is 26.0 Å². The molecule has 29 heavy (non-hydrogen) atoms. The van der Waals surface area contributed by atoms with Crippen molar-refractivity contribution >= 4 is 11.6 Å². The van der Waals surface area contributed by atoms with Crippen LogP contribution < -0.4 is 0 Å². The van der Waals surface area contributed by atoms with E-state index in [0.717, 1.165) is 6.08 Å². The van der Waals surface area contributed by atoms with Gasteiger partial charge in [-0.05, 0) is 56.3 Å². The lowest BCUT2D eigenvalue weighted by Gasteiger charge is -2.64. The van der Waals surface area contributed by atoms with Gasteiger partial charge < -0.3 is 20.4 Å². The molecule has 0 aromatic carbocycles. The molecule has 0 aromatic rings. The molecule has 0 aromatic heterocycles. The van der Waals surface area contributed by atoms with E-state index in [1.54, 1.807) is 13.8 Å². The first-order chi connectivity index (χ1) is 13.3. The lowest BCUT2D eigenvalue weighted by atomic mass is 9.43. The maximum absolute atomic E-state index is 17.0. The van der Waals surface area contributed by atoms with Crippen molar-refractivity contribution in [3.8, 4) is 0 Å². The third kappa shape index (κ3) is 2.10. The predicted octanol–water partition coefficient (Wildman–Crippen LogP) is 0.865. The minimum atomic E-state index is -2.37. The van der Waals surface area contributed by atoms with Crippen molar-refractivity contribution in [3.05, 3.63) is 23.8 Å². The van der Waals surface area contributed by atoms with Crippen LogP contribution in [-0.2, 0) is 9.59 Å². The van der Waals surface area contributed by atoms with Crippen LogP contribution in [0.15, 0.2) is 23.8 Å². The van der Waals surface area contributed by atoms with Gasteiger partial charge in [0.2, 0.25) is 0 Å². The zero-order valence-corrected chi connectivity index (χ0v) is 17.1. The zero-order valence-electron chi connectivity index (χ0n) is 17.1. The summed E-state index contributed by atoms with van der Waals surface area (Å²) < 4.78 is 17.0. The Kier molecular flexibility index (Phi) is 4.20. The fourth-order valence-electron chi connectivity index (χ4n) is 7.32. The summed E-state index contributed by atoms with van der Waals surface area (Å²) in [6, 6.07) is 0. The molecule has 4 N–H and O–H groups in total. The van der Waals surface area contributed by atoms with Crippen LogP contribution in [0, 0.1) is 28.6 Å². The Bertz CT molecular complexity index is 852. The molecule has 4 aliphatic rings. The Morgan fingerprint density at radius 1 is 1.24 bits per heavy atom. The van der Waals surface area contributed by atoms with Crippen LogP contribution in [0.5, 0.6) is 0 Å². The number of Topliss-reactive ketones (excluding diaryl/α,β-unsaturated/α-hetero) is 1. The van der Waals surface area contributed by atoms with E-state index in [-0.39, 0.29) is 18.4 Å². The van der Waals surface area contributed by atoms with Gasteiger partial charge in [-0.25, -0.2) is 4.39 Å². The molecule has 0 saturated heterocycles. The number of hydrogen-bond donors (Lipinski definition) is 4. The smallest absolute Gasteiger partial charge is 0.178 e. The average Bonchev–Trinajstić information content (AvgIpc) is 2.84. The highest BCUT2D eigenvalue weighted by Crippen LogP contribution is 2.70. The molecule has 10 atom stereocenters. The standard InChI is InChI=1S/C22H29FO6/c1-10-7-13-16-18(28)17(27)14-8-12(25)5-6-19(14,3)21(16,23)15(26)9-20(13,4)22(10,29)11(2)24/h5-6,8,10,13,15-18,26-29H,7,9H2,1-4H3/t10-,13+,15+,16-,17+,18-,19+,20+,21-,22+/m1/s1. The van der Waals surface area contributed by atoms with E-state index in [0.29, 0.717) is 0 Å². The SMILES string of the molecule is CC(=O)[C@@]1(O)[C@H](C)C[C@H]2[C@@H]3[C@@H](O)[C@@H](O)C4=CC(=O)C=C[C@]4(C)[C@@]3(F)[C@@H](O)C[C@@]21C. The van der Waals surface area contributed by atoms with Gasteiger partial charge in [-0.1, -0.05) is 19.9 Å². The van der Waals surface area contributed by atoms with Gasteiger partial charge in [0.25, 0.3) is 0 Å². The molecule has 4 rings (SSSR count). The molecule has 6 nitrogen and oxygen atoms in total. The molecule has 0 aliphatic heterocycles. The fourth-order valence-corrected chi connectivity index (χ4v) is 7.32. The van der Waals surface area contributed by atoms with Crippen LogP contribution in [-0.4, -0.2) is 61.6 Å². The summed E-state index contributed by atoms with van der Waals surface area (Å²) in [5, 5.41) is 44.3. The van der Waals surface area contributed by atoms with E-state index in [2.05, 4.69) is 0 Å². The number of fused-ring (bicyclic) bond motifs is 5. The molecular weight excluding hydrogens is 379 g/mol. The summed E-state index contributed by atoms with van der Waals surface area (Å²) in [5.41, 5.74) is -6.75. The number of halogens is 1. The van der Waals surface area contributed by atoms with Crippen LogP contribution in [0.25, 0.3) is 0 Å². The number of carbonyl (C=O) groups is 2. The van der Waals surface area contributed by atoms with Crippen LogP contribution >= 0.6 is 0 Å². The van der Waals surface area contributed by atoms with Gasteiger partial charge in [-0.3, -0.25) is 9.59 Å². The number of allylic oxidation sites excluding steroid dienone is 3. The quantitative estimate of drug-likeness (QED) is 0.512. The van der Waals surface area contributed by atoms with Crippen molar-refractivity contribution in [1.82, 2.24) is 0 Å². The molecule has 3 fully saturated rings. The maximum Gasteiger partial charge on any atom is 0.178 e. The first kappa shape index (κ1) is 20.8. The lowest BCUT2D eigenvalue weighted by Crippen LogP contribution is -2.74. The minimum Gasteiger partial charge on any atom is -0.390 e. The highest BCUT2D eigenvalue weighted by atomic mass is 19.1. The van der Waals surface area contributed by atoms with Crippen LogP contribution in [0.1, 0.15) is 40.5 Å². The number of aliphatic hydroxyl groups is 4. The van der Waals surface area contributed by atoms with Gasteiger partial charge >= 0.3 is 0 Å². The van der Waals surface area contributed by atoms with Crippen LogP contribution in [0.2, 0.25) is 0 Å². The van der Waals surface area contributed by atoms with Crippen LogP contribution in [0.3, 0.4) is 0 Å². The van der Waals surface area contributed by atoms with Crippen molar-refractivity contribution in [3.63, 3.8) is 0 Å². The number of ketones is 2. The summed E-state index contributed by atoms with van der Waals surface area (Å²) in [4.78, 5) is 24.3. The Morgan fingerprint density at radius 3 is 2.45 bits per heavy atom. The lowest BCUT2D eigenvalue weighted by molar-refractivity contribution is -0.251. The first-order valence-electron chi connectivity index (χ1n) is 10.2. The summed E-state index contributed by atoms with van der Waals surface area (Å²) >= 11 is 0. The highest BCUT2D eigenvalue weighted by Gasteiger charge is 2.77. The normalized spacial score (nSPS) is 56.3. The molecule has 7 heteroatoms. The van der Waals surface area contributed by atoms with E-state index in [4.69, 9.17) is 0 Å². The summed E-state index contributed by atoms with van der Waals surface area (Å²) in [6.45, 7) is 6.19. The van der Waals surface area contributed by atoms with Gasteiger partial charge in [-0.2, -0.15) is 0 Å². The summed E-state index contributed by atoms with van der Waals surface area (Å²) in [6.07, 6.45) is -0.855. The van der Waals surface area contributed by atoms with E-state index >= 15 is 4.39 Å². The minimum absolute atomic E-state index is 0.0479. The second kappa shape index (κ2) is 5.84. The Morgan fingerprint density at radius 2 is 1.86 bits per heavy atom. The third-order valence-corrected chi connectivity index (χ3v) is 8.85. The van der Waals surface area contributed by atoms with Crippen molar-refractivity contribution < 1.29 is 34.4 Å². The third-order valence-electron chi connectivity index (χ3n) is 8.85. The molecule has 0 spiro atoms. The van der Waals surface area contributed by atoms with Crippen molar-refractivity contribution in [1.29, 1.82) is 0 Å². The number of alkyl halides is 1. The Balaban J connectivity index is 1.93. The maximum atomic E-state index is 17.0. The van der Waals surface area contributed by atoms with Gasteiger partial charge in [-0.15, -0.1) is 0 Å². The number of hydrogen-bond acceptors (Lipinski definition) is 6. The zero-order chi connectivity index (χ0) is 21.7. The monoisotopic (exact) mass is 408 g/mol. The second-order valence-corrected chi connectivity index (χ2v) is 9.97. The number of aliphatic hydroxyl groups excluding tert-OH is 3. The molecule has 3 saturated carbocycles. The van der Waals surface area contributed by atoms with Crippen LogP contribution in [0.4, 0.5) is 4.39 Å². The van der Waals surface area contributed by atoms with E-state index < -0.39 is 69.7 Å². The molecule has 0 radical (unpaired) electrons. The number of rotatable bonds is 1. The average molecular weight is 408 g/mol. The van der Waals surface area contributed by atoms with Gasteiger partial charge in [0.15, 0.2) is 17.2 Å². The Hall–Kier alpha value is -1.41. The summed E-state index contributed by atoms with van der Waals surface area (Å²) in [7, 11) is 0. The molecule has 0 unspecified atom stereocenters. The largest absolute Gasteiger partial charge is 0.390 e. The van der Waals surface area contributed by atoms with Crippen molar-refractivity contribution in [2.45, 2.75) is 70.1 Å². The molecule has 0 heterocycles. The molecular formula is C22H29FO6. The highest BCUT2D eigenvalue weighted by molar-refractivity contribution is 6.01. The molecule has 0 amide bonds. The fraction of sp³-hybridized carbons (Fsp3) is 0.727. The van der Waals surface area contributed by atoms with Gasteiger partial charge in [0.1, 0.15) is 11.7 Å². The van der Waals surface area contributed by atoms with Gasteiger partial charge in [0, 0.05) is 16.7 Å². The second-order valence-electron chi connectivity index (χ2n) is 9.97. The van der Waals surface area contributed by atoms with E-state index in [1.807, 2.05) is 0 Å². The molecule has 160 valence electrons. The first-order valence-corrected chi connectivity index (χ1v) is 10.2. The molecule has 0 bridgehead atoms. The predicted molar refractivity (Wildman–Crippen MR) is 101 cm³/mol. The topological polar surface area (TPSA) is 115 Å². The van der Waals surface area contributed by atoms with E-state index in [9.17, 15) is 30.0 Å². The summed E-state index contributed by atoms with van der Waals surface area (Å²) in [5.74, 6) is -3.23. The van der Waals surface area contributed by atoms with Gasteiger partial charge in [0.05, 0.1) is 12.2 Å².